The number of hydrogen-bond acceptors (Lipinski definition) is 6. The van der Waals surface area contributed by atoms with Crippen molar-refractivity contribution in [3.05, 3.63) is 32.3 Å². The van der Waals surface area contributed by atoms with Crippen molar-refractivity contribution in [1.82, 2.24) is 10.1 Å². The maximum Gasteiger partial charge on any atom is 0.326 e. The number of amidine groups is 2. The van der Waals surface area contributed by atoms with Gasteiger partial charge >= 0.3 is 11.7 Å². The zero-order chi connectivity index (χ0) is 22.6. The standard InChI is InChI=1S/C20H26N4O4S2/c1-17(2)18(3,4)22(26)15(21(17)25)13-9-11-12(29-13)10-14(30-11)16-23(27)19(5,6)20(7,8)24(16)28/h9-10H,1-8H3. The molecule has 0 amide bonds. The molecule has 8 nitrogen and oxygen atoms in total. The van der Waals surface area contributed by atoms with Gasteiger partial charge in [0.15, 0.2) is 11.1 Å². The first-order valence-corrected chi connectivity index (χ1v) is 11.4. The van der Waals surface area contributed by atoms with Crippen LogP contribution in [0.2, 0.25) is 0 Å². The van der Waals surface area contributed by atoms with Crippen molar-refractivity contribution in [2.24, 2.45) is 0 Å². The Morgan fingerprint density at radius 1 is 0.700 bits per heavy atom. The molecule has 2 radical (unpaired) electrons. The number of hydrogen-bond donors (Lipinski definition) is 0. The maximum atomic E-state index is 12.9. The molecule has 2 aliphatic rings. The highest BCUT2D eigenvalue weighted by Gasteiger charge is 2.61. The summed E-state index contributed by atoms with van der Waals surface area (Å²) >= 11 is 2.64. The van der Waals surface area contributed by atoms with Crippen LogP contribution in [-0.4, -0.2) is 53.4 Å². The first kappa shape index (κ1) is 21.4. The van der Waals surface area contributed by atoms with Gasteiger partial charge in [-0.3, -0.25) is 9.48 Å². The van der Waals surface area contributed by atoms with Crippen molar-refractivity contribution < 1.29 is 19.9 Å². The molecule has 0 spiro atoms. The monoisotopic (exact) mass is 450 g/mol. The van der Waals surface area contributed by atoms with Gasteiger partial charge in [-0.05, 0) is 67.5 Å². The Bertz CT molecular complexity index is 1010. The third kappa shape index (κ3) is 2.33. The smallest absolute Gasteiger partial charge is 0.326 e. The van der Waals surface area contributed by atoms with Crippen molar-refractivity contribution in [2.45, 2.75) is 77.5 Å². The van der Waals surface area contributed by atoms with E-state index in [0.29, 0.717) is 9.75 Å². The van der Waals surface area contributed by atoms with Crippen LogP contribution < -0.4 is 0 Å². The first-order valence-electron chi connectivity index (χ1n) is 9.74. The zero-order valence-corrected chi connectivity index (χ0v) is 20.0. The lowest BCUT2D eigenvalue weighted by Crippen LogP contribution is -2.53. The van der Waals surface area contributed by atoms with Gasteiger partial charge in [0.05, 0.1) is 0 Å². The molecule has 0 unspecified atom stereocenters. The molecule has 2 aromatic rings. The SMILES string of the molecule is CC1(C)N([O])C(c2cc3sc(C4=[N+]([O-])C(C)(C)C(C)(C)N4[O])cc3s2)=[N+]([O-])C1(C)C. The lowest BCUT2D eigenvalue weighted by molar-refractivity contribution is -0.539. The molecule has 2 aromatic heterocycles. The molecule has 2 aliphatic heterocycles. The molecule has 0 aromatic carbocycles. The van der Waals surface area contributed by atoms with Gasteiger partial charge in [-0.25, -0.2) is 0 Å². The predicted octanol–water partition coefficient (Wildman–Crippen LogP) is 3.91. The normalized spacial score (nSPS) is 24.6. The summed E-state index contributed by atoms with van der Waals surface area (Å²) in [5.41, 5.74) is -3.52. The van der Waals surface area contributed by atoms with Gasteiger partial charge in [0, 0.05) is 19.8 Å². The third-order valence-corrected chi connectivity index (χ3v) is 9.73. The van der Waals surface area contributed by atoms with E-state index in [9.17, 15) is 20.8 Å². The highest BCUT2D eigenvalue weighted by atomic mass is 32.1. The molecular formula is C20H26N4O4S2. The van der Waals surface area contributed by atoms with Gasteiger partial charge in [-0.1, -0.05) is 10.1 Å². The van der Waals surface area contributed by atoms with E-state index in [2.05, 4.69) is 0 Å². The Labute approximate surface area is 183 Å². The Morgan fingerprint density at radius 3 is 1.23 bits per heavy atom. The van der Waals surface area contributed by atoms with E-state index in [1.807, 2.05) is 0 Å². The number of fused-ring (bicyclic) bond motifs is 1. The summed E-state index contributed by atoms with van der Waals surface area (Å²) in [5.74, 6) is 0.207. The van der Waals surface area contributed by atoms with Crippen LogP contribution in [0.15, 0.2) is 12.1 Å². The summed E-state index contributed by atoms with van der Waals surface area (Å²) < 4.78 is 3.26. The summed E-state index contributed by atoms with van der Waals surface area (Å²) in [5, 5.41) is 53.2. The molecule has 0 atom stereocenters. The molecule has 0 saturated heterocycles. The molecule has 4 rings (SSSR count). The van der Waals surface area contributed by atoms with Crippen LogP contribution in [0.25, 0.3) is 9.40 Å². The minimum absolute atomic E-state index is 0.103. The average molecular weight is 451 g/mol. The second kappa shape index (κ2) is 5.87. The van der Waals surface area contributed by atoms with Gasteiger partial charge in [0.25, 0.3) is 0 Å². The summed E-state index contributed by atoms with van der Waals surface area (Å²) in [7, 11) is 0. The summed E-state index contributed by atoms with van der Waals surface area (Å²) in [6, 6.07) is 3.60. The Balaban J connectivity index is 1.79. The van der Waals surface area contributed by atoms with E-state index >= 15 is 0 Å². The third-order valence-electron chi connectivity index (χ3n) is 7.44. The predicted molar refractivity (Wildman–Crippen MR) is 117 cm³/mol. The fourth-order valence-corrected chi connectivity index (χ4v) is 6.09. The number of rotatable bonds is 2. The fraction of sp³-hybridized carbons (Fsp3) is 0.600. The second-order valence-corrected chi connectivity index (χ2v) is 12.2. The highest BCUT2D eigenvalue weighted by molar-refractivity contribution is 7.29. The minimum atomic E-state index is -0.879. The molecular weight excluding hydrogens is 424 g/mol. The lowest BCUT2D eigenvalue weighted by Gasteiger charge is -2.32. The van der Waals surface area contributed by atoms with Crippen LogP contribution in [0.1, 0.15) is 65.1 Å². The number of thiophene rings is 2. The van der Waals surface area contributed by atoms with Crippen LogP contribution in [0.3, 0.4) is 0 Å². The van der Waals surface area contributed by atoms with Gasteiger partial charge in [0.2, 0.25) is 0 Å². The largest absolute Gasteiger partial charge is 0.714 e. The lowest BCUT2D eigenvalue weighted by atomic mass is 9.84. The van der Waals surface area contributed by atoms with E-state index in [-0.39, 0.29) is 11.7 Å². The van der Waals surface area contributed by atoms with Crippen LogP contribution in [0, 0.1) is 10.4 Å². The molecule has 0 saturated carbocycles. The number of hydroxylamine groups is 6. The van der Waals surface area contributed by atoms with E-state index in [1.165, 1.54) is 22.7 Å². The van der Waals surface area contributed by atoms with Crippen molar-refractivity contribution in [3.63, 3.8) is 0 Å². The molecule has 30 heavy (non-hydrogen) atoms. The van der Waals surface area contributed by atoms with Gasteiger partial charge in [-0.15, -0.1) is 22.7 Å². The summed E-state index contributed by atoms with van der Waals surface area (Å²) in [6.45, 7) is 14.1. The fourth-order valence-electron chi connectivity index (χ4n) is 3.67. The van der Waals surface area contributed by atoms with E-state index < -0.39 is 22.2 Å². The van der Waals surface area contributed by atoms with Gasteiger partial charge < -0.3 is 10.4 Å². The van der Waals surface area contributed by atoms with Gasteiger partial charge in [0.1, 0.15) is 20.8 Å². The van der Waals surface area contributed by atoms with Crippen LogP contribution in [0.4, 0.5) is 0 Å². The molecule has 10 heteroatoms. The zero-order valence-electron chi connectivity index (χ0n) is 18.4. The quantitative estimate of drug-likeness (QED) is 0.511. The summed E-state index contributed by atoms with van der Waals surface area (Å²) in [6.07, 6.45) is 0. The second-order valence-electron chi connectivity index (χ2n) is 10.0. The van der Waals surface area contributed by atoms with E-state index in [4.69, 9.17) is 0 Å². The average Bonchev–Trinajstić information content (AvgIpc) is 3.24. The highest BCUT2D eigenvalue weighted by Crippen LogP contribution is 2.43. The topological polar surface area (TPSA) is 98.4 Å². The number of nitrogens with zero attached hydrogens (tertiary/aromatic N) is 4. The van der Waals surface area contributed by atoms with E-state index in [0.717, 1.165) is 29.0 Å². The van der Waals surface area contributed by atoms with E-state index in [1.54, 1.807) is 67.5 Å². The van der Waals surface area contributed by atoms with Crippen molar-refractivity contribution in [1.29, 1.82) is 0 Å². The minimum Gasteiger partial charge on any atom is -0.714 e. The van der Waals surface area contributed by atoms with Crippen molar-refractivity contribution in [3.8, 4) is 0 Å². The molecule has 0 aliphatic carbocycles. The Morgan fingerprint density at radius 2 is 1.00 bits per heavy atom. The van der Waals surface area contributed by atoms with Crippen molar-refractivity contribution in [2.75, 3.05) is 0 Å². The van der Waals surface area contributed by atoms with Crippen LogP contribution in [0.5, 0.6) is 0 Å². The van der Waals surface area contributed by atoms with Crippen molar-refractivity contribution >= 4 is 43.7 Å². The maximum absolute atomic E-state index is 12.9. The first-order chi connectivity index (χ1) is 13.6. The van der Waals surface area contributed by atoms with Crippen LogP contribution >= 0.6 is 22.7 Å². The molecule has 162 valence electrons. The van der Waals surface area contributed by atoms with Gasteiger partial charge in [-0.2, -0.15) is 0 Å². The van der Waals surface area contributed by atoms with Crippen LogP contribution in [-0.2, 0) is 10.4 Å². The molecule has 0 fully saturated rings. The molecule has 4 heterocycles. The molecule has 0 bridgehead atoms. The summed E-state index contributed by atoms with van der Waals surface area (Å²) in [4.78, 5) is 1.17. The molecule has 0 N–H and O–H groups in total. The Kier molecular flexibility index (Phi) is 4.18. The Hall–Kier alpha value is -1.88.